The molecule has 0 aliphatic carbocycles. The third-order valence-electron chi connectivity index (χ3n) is 10.7. The number of hydrogen-bond donors (Lipinski definition) is 1. The minimum atomic E-state index is -1.02. The first-order valence-corrected chi connectivity index (χ1v) is 19.0. The van der Waals surface area contributed by atoms with Gasteiger partial charge in [-0.15, -0.1) is 5.53 Å². The Balaban J connectivity index is 0.851. The number of benzene rings is 6. The Bertz CT molecular complexity index is 3320. The number of carbonyl (C=O) groups excluding carboxylic acids is 9. The van der Waals surface area contributed by atoms with Crippen LogP contribution in [0.4, 0.5) is 0 Å². The van der Waals surface area contributed by atoms with E-state index in [9.17, 15) is 43.2 Å². The number of carbonyl (C=O) groups is 9. The van der Waals surface area contributed by atoms with Crippen LogP contribution in [0.15, 0.2) is 133 Å². The van der Waals surface area contributed by atoms with E-state index in [1.165, 1.54) is 48.5 Å². The Morgan fingerprint density at radius 3 is 1.10 bits per heavy atom. The minimum absolute atomic E-state index is 0.0114. The fraction of sp³-hybridized carbons (Fsp3) is 0. The molecule has 298 valence electrons. The molecule has 63 heavy (non-hydrogen) atoms. The predicted molar refractivity (Wildman–Crippen MR) is 219 cm³/mol. The average Bonchev–Trinajstić information content (AvgIpc) is 3.90. The Morgan fingerprint density at radius 1 is 0.333 bits per heavy atom. The average molecular weight is 826 g/mol. The van der Waals surface area contributed by atoms with Crippen LogP contribution in [0.25, 0.3) is 0 Å². The molecular weight excluding hydrogens is 803 g/mol. The van der Waals surface area contributed by atoms with Crippen molar-refractivity contribution < 1.29 is 43.2 Å². The Hall–Kier alpha value is -9.37. The molecule has 0 saturated carbocycles. The molecule has 4 aliphatic heterocycles. The number of fused-ring (bicyclic) bond motifs is 4. The van der Waals surface area contributed by atoms with Gasteiger partial charge < -0.3 is 0 Å². The number of ketones is 1. The van der Waals surface area contributed by atoms with E-state index in [4.69, 9.17) is 0 Å². The molecule has 0 fully saturated rings. The van der Waals surface area contributed by atoms with E-state index in [2.05, 4.69) is 29.2 Å². The van der Waals surface area contributed by atoms with Gasteiger partial charge in [0.25, 0.3) is 47.3 Å². The number of nitrogens with zero attached hydrogens (tertiary/aromatic N) is 4. The molecule has 14 heteroatoms. The number of hydrogen-bond acceptors (Lipinski definition) is 10. The van der Waals surface area contributed by atoms with E-state index in [1.807, 2.05) is 60.7 Å². The van der Waals surface area contributed by atoms with Crippen molar-refractivity contribution in [2.24, 2.45) is 0 Å². The lowest BCUT2D eigenvalue weighted by atomic mass is 9.96. The van der Waals surface area contributed by atoms with Gasteiger partial charge >= 0.3 is 0 Å². The lowest BCUT2D eigenvalue weighted by Gasteiger charge is -2.23. The molecule has 0 aromatic heterocycles. The van der Waals surface area contributed by atoms with Crippen molar-refractivity contribution >= 4 is 53.0 Å². The molecule has 0 saturated heterocycles. The third kappa shape index (κ3) is 6.11. The van der Waals surface area contributed by atoms with Crippen LogP contribution < -0.4 is 5.53 Å². The standard InChI is InChI=1S/C49H23N5O9/c55-41(32-18-22-36-40(26-32)49(63)54(47(36)61)53-46(60)35-20-16-30(24-38(35)48(53)62)14-12-28-9-5-2-6-10-28)31-17-21-34-39(25-31)45(59)52(43(34)57)50-51-42(56)33-19-15-29(23-37(33)44(51)58)13-11-27-7-3-1-4-8-27/h1-10,15-26,50H. The van der Waals surface area contributed by atoms with Gasteiger partial charge in [-0.05, 0) is 84.9 Å². The van der Waals surface area contributed by atoms with Crippen LogP contribution in [0, 0.1) is 23.7 Å². The van der Waals surface area contributed by atoms with Crippen molar-refractivity contribution in [3.8, 4) is 23.7 Å². The van der Waals surface area contributed by atoms with Crippen LogP contribution in [0.5, 0.6) is 0 Å². The van der Waals surface area contributed by atoms with Crippen LogP contribution in [-0.2, 0) is 0 Å². The smallest absolute Gasteiger partial charge is 0.281 e. The fourth-order valence-electron chi connectivity index (χ4n) is 7.52. The first-order chi connectivity index (χ1) is 30.5. The molecule has 6 aromatic carbocycles. The van der Waals surface area contributed by atoms with Crippen molar-refractivity contribution in [3.63, 3.8) is 0 Å². The highest BCUT2D eigenvalue weighted by Gasteiger charge is 2.49. The maximum Gasteiger partial charge on any atom is 0.281 e. The molecule has 4 heterocycles. The topological polar surface area (TPSA) is 179 Å². The molecule has 4 aliphatic rings. The zero-order valence-corrected chi connectivity index (χ0v) is 32.2. The maximum atomic E-state index is 13.8. The Morgan fingerprint density at radius 2 is 0.651 bits per heavy atom. The summed E-state index contributed by atoms with van der Waals surface area (Å²) in [6.45, 7) is 0. The molecule has 6 aromatic rings. The van der Waals surface area contributed by atoms with Crippen molar-refractivity contribution in [2.75, 3.05) is 0 Å². The van der Waals surface area contributed by atoms with Crippen molar-refractivity contribution in [1.82, 2.24) is 25.6 Å². The highest BCUT2D eigenvalue weighted by molar-refractivity contribution is 6.29. The van der Waals surface area contributed by atoms with E-state index in [-0.39, 0.29) is 55.6 Å². The molecular formula is C49H23N5O9. The van der Waals surface area contributed by atoms with Gasteiger partial charge in [0.05, 0.1) is 44.5 Å². The fourth-order valence-corrected chi connectivity index (χ4v) is 7.52. The lowest BCUT2D eigenvalue weighted by Crippen LogP contribution is -2.54. The SMILES string of the molecule is O=C(c1ccc2c(c1)C(=O)N(NN1C(=O)c3ccc(C#Cc4ccccc4)cc3C1=O)C2=O)c1ccc2c(c1)C(=O)N(N1C(=O)c3ccc(C#Cc4ccccc4)cc3C1=O)C2=O. The zero-order valence-electron chi connectivity index (χ0n) is 32.2. The van der Waals surface area contributed by atoms with Gasteiger partial charge in [0.1, 0.15) is 0 Å². The molecule has 0 unspecified atom stereocenters. The second kappa shape index (κ2) is 14.4. The Kier molecular flexibility index (Phi) is 8.67. The predicted octanol–water partition coefficient (Wildman–Crippen LogP) is 4.84. The van der Waals surface area contributed by atoms with Gasteiger partial charge in [0, 0.05) is 33.4 Å². The monoisotopic (exact) mass is 825 g/mol. The maximum absolute atomic E-state index is 13.8. The second-order valence-corrected chi connectivity index (χ2v) is 14.4. The molecule has 14 nitrogen and oxygen atoms in total. The highest BCUT2D eigenvalue weighted by atomic mass is 16.2. The molecule has 0 radical (unpaired) electrons. The van der Waals surface area contributed by atoms with Crippen molar-refractivity contribution in [3.05, 3.63) is 211 Å². The van der Waals surface area contributed by atoms with E-state index < -0.39 is 53.0 Å². The summed E-state index contributed by atoms with van der Waals surface area (Å²) in [4.78, 5) is 122. The molecule has 0 spiro atoms. The van der Waals surface area contributed by atoms with Crippen LogP contribution in [0.2, 0.25) is 0 Å². The number of imide groups is 4. The molecule has 1 N–H and O–H groups in total. The summed E-state index contributed by atoms with van der Waals surface area (Å²) in [5, 5.41) is 1.94. The van der Waals surface area contributed by atoms with Crippen molar-refractivity contribution in [1.29, 1.82) is 0 Å². The summed E-state index contributed by atoms with van der Waals surface area (Å²) >= 11 is 0. The highest BCUT2D eigenvalue weighted by Crippen LogP contribution is 2.33. The molecule has 0 bridgehead atoms. The summed E-state index contributed by atoms with van der Waals surface area (Å²) < 4.78 is 0. The van der Waals surface area contributed by atoms with Gasteiger partial charge in [-0.25, -0.2) is 0 Å². The van der Waals surface area contributed by atoms with E-state index in [1.54, 1.807) is 12.1 Å². The van der Waals surface area contributed by atoms with E-state index in [0.29, 0.717) is 31.2 Å². The molecule has 8 amide bonds. The van der Waals surface area contributed by atoms with Gasteiger partial charge in [-0.2, -0.15) is 20.0 Å². The summed E-state index contributed by atoms with van der Waals surface area (Å²) in [6.07, 6.45) is 0. The Labute approximate surface area is 355 Å². The van der Waals surface area contributed by atoms with E-state index >= 15 is 0 Å². The minimum Gasteiger partial charge on any atom is -0.289 e. The lowest BCUT2D eigenvalue weighted by molar-refractivity contribution is 0.00845. The first kappa shape index (κ1) is 37.9. The third-order valence-corrected chi connectivity index (χ3v) is 10.7. The quantitative estimate of drug-likeness (QED) is 0.144. The summed E-state index contributed by atoms with van der Waals surface area (Å²) in [7, 11) is 0. The zero-order chi connectivity index (χ0) is 43.7. The number of amides is 8. The number of nitrogens with one attached hydrogen (secondary N) is 1. The normalized spacial score (nSPS) is 14.7. The molecule has 0 atom stereocenters. The van der Waals surface area contributed by atoms with Crippen LogP contribution in [-0.4, -0.2) is 73.1 Å². The van der Waals surface area contributed by atoms with Crippen LogP contribution in [0.1, 0.15) is 121 Å². The largest absolute Gasteiger partial charge is 0.289 e. The summed E-state index contributed by atoms with van der Waals surface area (Å²) in [5.74, 6) is 3.85. The number of hydrazine groups is 3. The summed E-state index contributed by atoms with van der Waals surface area (Å²) in [5.41, 5.74) is 3.73. The van der Waals surface area contributed by atoms with Gasteiger partial charge in [0.15, 0.2) is 5.78 Å². The van der Waals surface area contributed by atoms with E-state index in [0.717, 1.165) is 23.3 Å². The van der Waals surface area contributed by atoms with Crippen LogP contribution >= 0.6 is 0 Å². The first-order valence-electron chi connectivity index (χ1n) is 19.0. The molecule has 10 rings (SSSR count). The summed E-state index contributed by atoms with van der Waals surface area (Å²) in [6, 6.07) is 34.3. The van der Waals surface area contributed by atoms with Gasteiger partial charge in [-0.3, -0.25) is 43.2 Å². The number of rotatable bonds is 5. The second-order valence-electron chi connectivity index (χ2n) is 14.4. The van der Waals surface area contributed by atoms with Gasteiger partial charge in [-0.1, -0.05) is 72.2 Å². The van der Waals surface area contributed by atoms with Gasteiger partial charge in [0.2, 0.25) is 0 Å². The van der Waals surface area contributed by atoms with Crippen LogP contribution in [0.3, 0.4) is 0 Å². The van der Waals surface area contributed by atoms with Crippen molar-refractivity contribution in [2.45, 2.75) is 0 Å².